The minimum Gasteiger partial charge on any atom is -0.445 e. The Labute approximate surface area is 346 Å². The van der Waals surface area contributed by atoms with Crippen molar-refractivity contribution in [3.05, 3.63) is 144 Å². The summed E-state index contributed by atoms with van der Waals surface area (Å²) in [6.45, 7) is 3.49. The second kappa shape index (κ2) is 18.7. The average molecular weight is 792 g/mol. The predicted octanol–water partition coefficient (Wildman–Crippen LogP) is 6.82. The van der Waals surface area contributed by atoms with Crippen LogP contribution in [0.4, 0.5) is 4.79 Å². The van der Waals surface area contributed by atoms with Gasteiger partial charge in [-0.25, -0.2) is 4.79 Å². The van der Waals surface area contributed by atoms with Crippen LogP contribution in [-0.2, 0) is 38.7 Å². The maximum absolute atomic E-state index is 14.7. The Morgan fingerprint density at radius 3 is 2.12 bits per heavy atom. The Hall–Kier alpha value is -6.00. The quantitative estimate of drug-likeness (QED) is 0.144. The molecule has 3 aliphatic heterocycles. The van der Waals surface area contributed by atoms with E-state index in [-0.39, 0.29) is 55.3 Å². The van der Waals surface area contributed by atoms with Gasteiger partial charge in [0, 0.05) is 39.1 Å². The third-order valence-electron chi connectivity index (χ3n) is 12.2. The fourth-order valence-corrected chi connectivity index (χ4v) is 8.77. The molecule has 4 amide bonds. The highest BCUT2D eigenvalue weighted by molar-refractivity contribution is 5.98. The van der Waals surface area contributed by atoms with Gasteiger partial charge in [-0.05, 0) is 76.7 Å². The first-order chi connectivity index (χ1) is 28.9. The molecule has 3 saturated heterocycles. The minimum absolute atomic E-state index is 0.00704. The van der Waals surface area contributed by atoms with Crippen LogP contribution < -0.4 is 10.6 Å². The van der Waals surface area contributed by atoms with Gasteiger partial charge in [-0.3, -0.25) is 14.4 Å². The Balaban J connectivity index is 1.01. The zero-order chi connectivity index (χ0) is 40.6. The van der Waals surface area contributed by atoms with E-state index in [0.29, 0.717) is 45.4 Å². The van der Waals surface area contributed by atoms with Crippen molar-refractivity contribution >= 4 is 34.6 Å². The molecule has 0 aliphatic carbocycles. The number of piperidine rings is 2. The van der Waals surface area contributed by atoms with Crippen molar-refractivity contribution in [2.24, 2.45) is 11.8 Å². The monoisotopic (exact) mass is 791 g/mol. The number of amides is 4. The van der Waals surface area contributed by atoms with Gasteiger partial charge in [-0.1, -0.05) is 127 Å². The molecule has 0 unspecified atom stereocenters. The molecule has 3 aliphatic rings. The van der Waals surface area contributed by atoms with Gasteiger partial charge in [0.15, 0.2) is 0 Å². The summed E-state index contributed by atoms with van der Waals surface area (Å²) in [7, 11) is 0. The summed E-state index contributed by atoms with van der Waals surface area (Å²) in [4.78, 5) is 61.8. The highest BCUT2D eigenvalue weighted by atomic mass is 16.6. The van der Waals surface area contributed by atoms with Crippen LogP contribution in [0.2, 0.25) is 0 Å². The number of nitrogens with one attached hydrogen (secondary N) is 2. The second-order valence-corrected chi connectivity index (χ2v) is 16.2. The summed E-state index contributed by atoms with van der Waals surface area (Å²) in [5.74, 6) is -0.502. The molecule has 3 heterocycles. The number of benzene rings is 5. The van der Waals surface area contributed by atoms with Gasteiger partial charge >= 0.3 is 6.09 Å². The Morgan fingerprint density at radius 1 is 0.712 bits per heavy atom. The molecule has 3 fully saturated rings. The zero-order valence-electron chi connectivity index (χ0n) is 33.5. The standard InChI is InChI=1S/C49H53N5O5/c55-46-45(33-53(47(56)43-16-9-25-50-30-43)31-36-23-26-52(27-24-36)49(58)59-34-37-10-3-1-4-11-37)54(32-35-17-20-41(21-18-35)39-12-5-2-6-13-39)48(57)44(51-46)29-38-19-22-40-14-7-8-15-42(40)28-38/h1-8,10-15,17-22,28,36,43-45,50H,9,16,23-27,29-34H2,(H,51,55)/t43-,44-,45-/m0/s1. The van der Waals surface area contributed by atoms with Crippen LogP contribution in [0.25, 0.3) is 21.9 Å². The van der Waals surface area contributed by atoms with E-state index in [1.807, 2.05) is 83.8 Å². The van der Waals surface area contributed by atoms with E-state index in [9.17, 15) is 19.2 Å². The van der Waals surface area contributed by atoms with Gasteiger partial charge in [0.1, 0.15) is 18.7 Å². The summed E-state index contributed by atoms with van der Waals surface area (Å²) in [5.41, 5.74) is 4.97. The van der Waals surface area contributed by atoms with Gasteiger partial charge in [-0.15, -0.1) is 0 Å². The lowest BCUT2D eigenvalue weighted by molar-refractivity contribution is -0.153. The molecule has 3 atom stereocenters. The van der Waals surface area contributed by atoms with Gasteiger partial charge in [0.25, 0.3) is 0 Å². The lowest BCUT2D eigenvalue weighted by Gasteiger charge is -2.43. The number of nitrogens with zero attached hydrogens (tertiary/aromatic N) is 3. The van der Waals surface area contributed by atoms with Crippen molar-refractivity contribution in [1.29, 1.82) is 0 Å². The van der Waals surface area contributed by atoms with Gasteiger partial charge in [-0.2, -0.15) is 0 Å². The fraction of sp³-hybridized carbons (Fsp3) is 0.347. The van der Waals surface area contributed by atoms with Gasteiger partial charge < -0.3 is 30.1 Å². The molecule has 8 rings (SSSR count). The number of carbonyl (C=O) groups excluding carboxylic acids is 4. The molecule has 10 nitrogen and oxygen atoms in total. The van der Waals surface area contributed by atoms with Crippen LogP contribution in [0.1, 0.15) is 42.4 Å². The molecule has 0 saturated carbocycles. The van der Waals surface area contributed by atoms with Crippen molar-refractivity contribution in [3.63, 3.8) is 0 Å². The van der Waals surface area contributed by atoms with Crippen molar-refractivity contribution in [3.8, 4) is 11.1 Å². The van der Waals surface area contributed by atoms with Crippen LogP contribution in [-0.4, -0.2) is 89.9 Å². The summed E-state index contributed by atoms with van der Waals surface area (Å²) >= 11 is 0. The zero-order valence-corrected chi connectivity index (χ0v) is 33.5. The van der Waals surface area contributed by atoms with Crippen LogP contribution in [0.5, 0.6) is 0 Å². The van der Waals surface area contributed by atoms with E-state index in [4.69, 9.17) is 4.74 Å². The molecule has 0 spiro atoms. The molecule has 5 aromatic rings. The van der Waals surface area contributed by atoms with Crippen LogP contribution in [0.15, 0.2) is 127 Å². The fourth-order valence-electron chi connectivity index (χ4n) is 8.77. The molecule has 0 bridgehead atoms. The van der Waals surface area contributed by atoms with E-state index in [1.54, 1.807) is 9.80 Å². The van der Waals surface area contributed by atoms with E-state index >= 15 is 0 Å². The first-order valence-electron chi connectivity index (χ1n) is 21.1. The lowest BCUT2D eigenvalue weighted by atomic mass is 9.93. The number of fused-ring (bicyclic) bond motifs is 1. The van der Waals surface area contributed by atoms with Crippen molar-refractivity contribution in [2.45, 2.75) is 57.3 Å². The maximum Gasteiger partial charge on any atom is 0.410 e. The van der Waals surface area contributed by atoms with Gasteiger partial charge in [0.05, 0.1) is 12.5 Å². The Morgan fingerprint density at radius 2 is 1.39 bits per heavy atom. The molecule has 2 N–H and O–H groups in total. The lowest BCUT2D eigenvalue weighted by Crippen LogP contribution is -2.66. The SMILES string of the molecule is O=C1N[C@@H](Cc2ccc3ccccc3c2)C(=O)N(Cc2ccc(-c3ccccc3)cc2)[C@H]1CN(CC1CCN(C(=O)OCc2ccccc2)CC1)C(=O)[C@H]1CCCNC1. The number of ether oxygens (including phenoxy) is 1. The third-order valence-corrected chi connectivity index (χ3v) is 12.2. The van der Waals surface area contributed by atoms with Crippen molar-refractivity contribution < 1.29 is 23.9 Å². The maximum atomic E-state index is 14.7. The first-order valence-corrected chi connectivity index (χ1v) is 21.1. The topological polar surface area (TPSA) is 111 Å². The molecule has 5 aromatic carbocycles. The minimum atomic E-state index is -0.877. The van der Waals surface area contributed by atoms with E-state index in [1.165, 1.54) is 0 Å². The smallest absolute Gasteiger partial charge is 0.410 e. The number of hydrogen-bond donors (Lipinski definition) is 2. The Kier molecular flexibility index (Phi) is 12.6. The number of piperazine rings is 1. The van der Waals surface area contributed by atoms with Crippen molar-refractivity contribution in [2.75, 3.05) is 39.3 Å². The first kappa shape index (κ1) is 39.8. The number of carbonyl (C=O) groups is 4. The largest absolute Gasteiger partial charge is 0.445 e. The molecule has 10 heteroatoms. The van der Waals surface area contributed by atoms with Crippen LogP contribution >= 0.6 is 0 Å². The van der Waals surface area contributed by atoms with Gasteiger partial charge in [0.2, 0.25) is 17.7 Å². The third kappa shape index (κ3) is 9.83. The predicted molar refractivity (Wildman–Crippen MR) is 229 cm³/mol. The second-order valence-electron chi connectivity index (χ2n) is 16.2. The Bertz CT molecular complexity index is 2220. The summed E-state index contributed by atoms with van der Waals surface area (Å²) in [6.07, 6.45) is 3.10. The van der Waals surface area contributed by atoms with E-state index < -0.39 is 12.1 Å². The highest BCUT2D eigenvalue weighted by Crippen LogP contribution is 2.27. The van der Waals surface area contributed by atoms with E-state index in [0.717, 1.165) is 58.0 Å². The van der Waals surface area contributed by atoms with Crippen molar-refractivity contribution in [1.82, 2.24) is 25.3 Å². The average Bonchev–Trinajstić information content (AvgIpc) is 3.29. The normalized spacial score (nSPS) is 20.0. The van der Waals surface area contributed by atoms with Crippen LogP contribution in [0, 0.1) is 11.8 Å². The molecular formula is C49H53N5O5. The molecular weight excluding hydrogens is 739 g/mol. The number of hydrogen-bond acceptors (Lipinski definition) is 6. The summed E-state index contributed by atoms with van der Waals surface area (Å²) in [6, 6.07) is 40.6. The summed E-state index contributed by atoms with van der Waals surface area (Å²) in [5, 5.41) is 8.67. The van der Waals surface area contributed by atoms with Crippen LogP contribution in [0.3, 0.4) is 0 Å². The summed E-state index contributed by atoms with van der Waals surface area (Å²) < 4.78 is 5.61. The number of likely N-dealkylation sites (tertiary alicyclic amines) is 1. The highest BCUT2D eigenvalue weighted by Gasteiger charge is 2.43. The molecule has 304 valence electrons. The molecule has 59 heavy (non-hydrogen) atoms. The molecule has 0 aromatic heterocycles. The van der Waals surface area contributed by atoms with E-state index in [2.05, 4.69) is 59.2 Å². The number of rotatable bonds is 12. The molecule has 0 radical (unpaired) electrons.